The maximum Gasteiger partial charge on any atom is 0.243 e. The minimum Gasteiger partial charge on any atom is -0.454 e. The standard InChI is InChI=1S/C12H18N2O4S/c1-8-4-10-11(18-7-17-10)5-12(8)19(15,16)14(3)9(2)6-13/h4-5,9H,6-7,13H2,1-3H3. The summed E-state index contributed by atoms with van der Waals surface area (Å²) in [6, 6.07) is 2.91. The van der Waals surface area contributed by atoms with Gasteiger partial charge in [0.15, 0.2) is 11.5 Å². The highest BCUT2D eigenvalue weighted by molar-refractivity contribution is 7.89. The lowest BCUT2D eigenvalue weighted by molar-refractivity contribution is 0.174. The summed E-state index contributed by atoms with van der Waals surface area (Å²) in [5, 5.41) is 0. The van der Waals surface area contributed by atoms with Crippen LogP contribution in [0, 0.1) is 6.92 Å². The topological polar surface area (TPSA) is 81.9 Å². The van der Waals surface area contributed by atoms with Gasteiger partial charge in [-0.05, 0) is 25.5 Å². The summed E-state index contributed by atoms with van der Waals surface area (Å²) in [5.74, 6) is 1.03. The molecule has 1 aromatic carbocycles. The molecule has 0 spiro atoms. The number of hydrogen-bond acceptors (Lipinski definition) is 5. The van der Waals surface area contributed by atoms with Crippen LogP contribution in [-0.2, 0) is 10.0 Å². The monoisotopic (exact) mass is 286 g/mol. The molecule has 1 aromatic rings. The lowest BCUT2D eigenvalue weighted by atomic mass is 10.2. The van der Waals surface area contributed by atoms with Crippen LogP contribution in [0.4, 0.5) is 0 Å². The van der Waals surface area contributed by atoms with E-state index in [2.05, 4.69) is 0 Å². The second-order valence-electron chi connectivity index (χ2n) is 4.58. The van der Waals surface area contributed by atoms with E-state index in [1.165, 1.54) is 17.4 Å². The van der Waals surface area contributed by atoms with Crippen molar-refractivity contribution in [2.75, 3.05) is 20.4 Å². The van der Waals surface area contributed by atoms with Crippen molar-refractivity contribution in [3.63, 3.8) is 0 Å². The van der Waals surface area contributed by atoms with Gasteiger partial charge in [-0.3, -0.25) is 0 Å². The van der Waals surface area contributed by atoms with Gasteiger partial charge < -0.3 is 15.2 Å². The molecule has 0 fully saturated rings. The molecular weight excluding hydrogens is 268 g/mol. The highest BCUT2D eigenvalue weighted by atomic mass is 32.2. The van der Waals surface area contributed by atoms with Crippen LogP contribution in [0.15, 0.2) is 17.0 Å². The van der Waals surface area contributed by atoms with Gasteiger partial charge in [-0.2, -0.15) is 4.31 Å². The zero-order chi connectivity index (χ0) is 14.2. The number of benzene rings is 1. The Morgan fingerprint density at radius 1 is 1.37 bits per heavy atom. The second kappa shape index (κ2) is 4.99. The highest BCUT2D eigenvalue weighted by Crippen LogP contribution is 2.37. The number of aryl methyl sites for hydroxylation is 1. The number of nitrogens with two attached hydrogens (primary N) is 1. The number of nitrogens with zero attached hydrogens (tertiary/aromatic N) is 1. The Bertz CT molecular complexity index is 586. The van der Waals surface area contributed by atoms with Crippen molar-refractivity contribution in [2.24, 2.45) is 5.73 Å². The zero-order valence-electron chi connectivity index (χ0n) is 11.2. The number of likely N-dealkylation sites (N-methyl/N-ethyl adjacent to an activating group) is 1. The fraction of sp³-hybridized carbons (Fsp3) is 0.500. The van der Waals surface area contributed by atoms with E-state index in [1.54, 1.807) is 19.9 Å². The summed E-state index contributed by atoms with van der Waals surface area (Å²) < 4.78 is 36.8. The van der Waals surface area contributed by atoms with Gasteiger partial charge >= 0.3 is 0 Å². The van der Waals surface area contributed by atoms with Gasteiger partial charge in [0, 0.05) is 25.7 Å². The number of sulfonamides is 1. The molecule has 7 heteroatoms. The van der Waals surface area contributed by atoms with Gasteiger partial charge in [-0.25, -0.2) is 8.42 Å². The lowest BCUT2D eigenvalue weighted by Gasteiger charge is -2.24. The van der Waals surface area contributed by atoms with Crippen LogP contribution in [0.3, 0.4) is 0 Å². The Balaban J connectivity index is 2.47. The average molecular weight is 286 g/mol. The van der Waals surface area contributed by atoms with Crippen LogP contribution in [0.25, 0.3) is 0 Å². The van der Waals surface area contributed by atoms with Gasteiger partial charge in [-0.1, -0.05) is 0 Å². The first-order valence-corrected chi connectivity index (χ1v) is 7.40. The molecule has 0 radical (unpaired) electrons. The highest BCUT2D eigenvalue weighted by Gasteiger charge is 2.28. The fourth-order valence-electron chi connectivity index (χ4n) is 1.84. The number of rotatable bonds is 4. The van der Waals surface area contributed by atoms with Crippen molar-refractivity contribution in [2.45, 2.75) is 24.8 Å². The molecule has 0 amide bonds. The molecule has 0 saturated heterocycles. The van der Waals surface area contributed by atoms with E-state index in [4.69, 9.17) is 15.2 Å². The third kappa shape index (κ3) is 2.41. The number of ether oxygens (including phenoxy) is 2. The summed E-state index contributed by atoms with van der Waals surface area (Å²) in [5.41, 5.74) is 6.15. The van der Waals surface area contributed by atoms with E-state index >= 15 is 0 Å². The SMILES string of the molecule is Cc1cc2c(cc1S(=O)(=O)N(C)C(C)CN)OCO2. The third-order valence-electron chi connectivity index (χ3n) is 3.29. The minimum atomic E-state index is -3.58. The van der Waals surface area contributed by atoms with E-state index in [0.717, 1.165) is 0 Å². The second-order valence-corrected chi connectivity index (χ2v) is 6.54. The summed E-state index contributed by atoms with van der Waals surface area (Å²) in [6.07, 6.45) is 0. The van der Waals surface area contributed by atoms with Crippen LogP contribution in [0.1, 0.15) is 12.5 Å². The van der Waals surface area contributed by atoms with E-state index in [1.807, 2.05) is 0 Å². The molecule has 2 N–H and O–H groups in total. The molecule has 1 heterocycles. The number of hydrogen-bond donors (Lipinski definition) is 1. The normalized spacial score (nSPS) is 15.8. The molecule has 1 aliphatic rings. The quantitative estimate of drug-likeness (QED) is 0.880. The summed E-state index contributed by atoms with van der Waals surface area (Å²) >= 11 is 0. The van der Waals surface area contributed by atoms with Gasteiger partial charge in [0.2, 0.25) is 16.8 Å². The molecule has 6 nitrogen and oxygen atoms in total. The van der Waals surface area contributed by atoms with E-state index in [9.17, 15) is 8.42 Å². The molecule has 0 saturated carbocycles. The van der Waals surface area contributed by atoms with Gasteiger partial charge in [0.05, 0.1) is 4.90 Å². The maximum absolute atomic E-state index is 12.5. The van der Waals surface area contributed by atoms with Crippen molar-refractivity contribution in [1.82, 2.24) is 4.31 Å². The average Bonchev–Trinajstić information content (AvgIpc) is 2.82. The Morgan fingerprint density at radius 2 is 1.95 bits per heavy atom. The van der Waals surface area contributed by atoms with E-state index in [-0.39, 0.29) is 24.3 Å². The zero-order valence-corrected chi connectivity index (χ0v) is 12.0. The molecule has 1 unspecified atom stereocenters. The van der Waals surface area contributed by atoms with Crippen molar-refractivity contribution >= 4 is 10.0 Å². The first kappa shape index (κ1) is 14.1. The summed E-state index contributed by atoms with van der Waals surface area (Å²) in [7, 11) is -2.06. The lowest BCUT2D eigenvalue weighted by Crippen LogP contribution is -2.39. The summed E-state index contributed by atoms with van der Waals surface area (Å²) in [4.78, 5) is 0.222. The first-order chi connectivity index (χ1) is 8.87. The van der Waals surface area contributed by atoms with E-state index < -0.39 is 10.0 Å². The summed E-state index contributed by atoms with van der Waals surface area (Å²) in [6.45, 7) is 3.88. The van der Waals surface area contributed by atoms with Gasteiger partial charge in [0.1, 0.15) is 0 Å². The van der Waals surface area contributed by atoms with Gasteiger partial charge in [0.25, 0.3) is 0 Å². The molecular formula is C12H18N2O4S. The molecule has 0 bridgehead atoms. The van der Waals surface area contributed by atoms with Crippen molar-refractivity contribution in [1.29, 1.82) is 0 Å². The van der Waals surface area contributed by atoms with E-state index in [0.29, 0.717) is 17.1 Å². The molecule has 2 rings (SSSR count). The van der Waals surface area contributed by atoms with Crippen LogP contribution >= 0.6 is 0 Å². The molecule has 19 heavy (non-hydrogen) atoms. The fourth-order valence-corrected chi connectivity index (χ4v) is 3.44. The van der Waals surface area contributed by atoms with Crippen LogP contribution in [0.5, 0.6) is 11.5 Å². The van der Waals surface area contributed by atoms with Crippen molar-refractivity contribution in [3.05, 3.63) is 17.7 Å². The smallest absolute Gasteiger partial charge is 0.243 e. The molecule has 106 valence electrons. The number of fused-ring (bicyclic) bond motifs is 1. The molecule has 1 aliphatic heterocycles. The first-order valence-electron chi connectivity index (χ1n) is 5.96. The maximum atomic E-state index is 12.5. The third-order valence-corrected chi connectivity index (χ3v) is 5.40. The molecule has 1 atom stereocenters. The minimum absolute atomic E-state index is 0.118. The van der Waals surface area contributed by atoms with Crippen LogP contribution in [0.2, 0.25) is 0 Å². The predicted octanol–water partition coefficient (Wildman–Crippen LogP) is 0.691. The largest absolute Gasteiger partial charge is 0.454 e. The van der Waals surface area contributed by atoms with Crippen LogP contribution < -0.4 is 15.2 Å². The Morgan fingerprint density at radius 3 is 2.53 bits per heavy atom. The molecule has 0 aliphatic carbocycles. The Labute approximate surface area is 113 Å². The van der Waals surface area contributed by atoms with Crippen molar-refractivity contribution in [3.8, 4) is 11.5 Å². The van der Waals surface area contributed by atoms with Crippen molar-refractivity contribution < 1.29 is 17.9 Å². The predicted molar refractivity (Wildman–Crippen MR) is 70.8 cm³/mol. The Kier molecular flexibility index (Phi) is 3.71. The Hall–Kier alpha value is -1.31. The van der Waals surface area contributed by atoms with Gasteiger partial charge in [-0.15, -0.1) is 0 Å². The van der Waals surface area contributed by atoms with Crippen LogP contribution in [-0.4, -0.2) is 39.2 Å². The molecule has 0 aromatic heterocycles.